The van der Waals surface area contributed by atoms with Gasteiger partial charge in [0.1, 0.15) is 11.5 Å². The van der Waals surface area contributed by atoms with Crippen LogP contribution >= 0.6 is 15.9 Å². The third-order valence-corrected chi connectivity index (χ3v) is 4.37. The number of aliphatic hydroxyl groups is 1. The van der Waals surface area contributed by atoms with Crippen LogP contribution in [0.25, 0.3) is 0 Å². The van der Waals surface area contributed by atoms with Gasteiger partial charge in [-0.2, -0.15) is 0 Å². The van der Waals surface area contributed by atoms with Crippen LogP contribution in [0.5, 0.6) is 17.2 Å². The summed E-state index contributed by atoms with van der Waals surface area (Å²) in [7, 11) is 1.46. The van der Waals surface area contributed by atoms with Gasteiger partial charge in [-0.3, -0.25) is 0 Å². The van der Waals surface area contributed by atoms with Crippen LogP contribution in [0.2, 0.25) is 0 Å². The van der Waals surface area contributed by atoms with Gasteiger partial charge in [-0.05, 0) is 30.7 Å². The summed E-state index contributed by atoms with van der Waals surface area (Å²) in [6.07, 6.45) is 0.236. The van der Waals surface area contributed by atoms with Gasteiger partial charge in [-0.15, -0.1) is 0 Å². The van der Waals surface area contributed by atoms with E-state index in [4.69, 9.17) is 15.2 Å². The first-order valence-corrected chi connectivity index (χ1v) is 7.54. The third kappa shape index (κ3) is 2.27. The minimum atomic E-state index is -1.06. The molecule has 116 valence electrons. The van der Waals surface area contributed by atoms with E-state index in [2.05, 4.69) is 15.9 Å². The first-order valence-electron chi connectivity index (χ1n) is 6.75. The first kappa shape index (κ1) is 15.3. The van der Waals surface area contributed by atoms with Crippen LogP contribution in [0.4, 0.5) is 4.39 Å². The molecule has 3 rings (SSSR count). The number of halogens is 2. The highest BCUT2D eigenvalue weighted by atomic mass is 79.9. The highest BCUT2D eigenvalue weighted by Crippen LogP contribution is 2.49. The Hall–Kier alpha value is -1.63. The second kappa shape index (κ2) is 5.53. The van der Waals surface area contributed by atoms with Crippen molar-refractivity contribution in [3.05, 3.63) is 51.7 Å². The van der Waals surface area contributed by atoms with E-state index >= 15 is 0 Å². The molecule has 4 nitrogen and oxygen atoms in total. The van der Waals surface area contributed by atoms with Crippen molar-refractivity contribution in [2.45, 2.75) is 12.0 Å². The maximum atomic E-state index is 14.3. The maximum absolute atomic E-state index is 14.3. The van der Waals surface area contributed by atoms with Crippen LogP contribution in [0.15, 0.2) is 34.8 Å². The van der Waals surface area contributed by atoms with E-state index in [0.717, 1.165) is 4.47 Å². The second-order valence-corrected chi connectivity index (χ2v) is 6.09. The smallest absolute Gasteiger partial charge is 0.169 e. The summed E-state index contributed by atoms with van der Waals surface area (Å²) in [6, 6.07) is 8.25. The van der Waals surface area contributed by atoms with Gasteiger partial charge in [-0.25, -0.2) is 4.39 Å². The second-order valence-electron chi connectivity index (χ2n) is 5.17. The number of hydrogen-bond donors (Lipinski definition) is 2. The Morgan fingerprint density at radius 2 is 2.09 bits per heavy atom. The molecule has 0 bridgehead atoms. The molecule has 0 unspecified atom stereocenters. The highest BCUT2D eigenvalue weighted by Gasteiger charge is 2.40. The van der Waals surface area contributed by atoms with Crippen molar-refractivity contribution in [1.82, 2.24) is 0 Å². The Balaban J connectivity index is 2.29. The van der Waals surface area contributed by atoms with Gasteiger partial charge in [-0.1, -0.05) is 15.9 Å². The summed E-state index contributed by atoms with van der Waals surface area (Å²) in [4.78, 5) is 0. The van der Waals surface area contributed by atoms with Crippen molar-refractivity contribution in [3.63, 3.8) is 0 Å². The van der Waals surface area contributed by atoms with Crippen molar-refractivity contribution in [2.75, 3.05) is 13.7 Å². The molecule has 0 saturated heterocycles. The summed E-state index contributed by atoms with van der Waals surface area (Å²) >= 11 is 3.40. The Kier molecular flexibility index (Phi) is 3.84. The molecule has 1 aliphatic rings. The number of rotatable bonds is 3. The molecule has 1 heterocycles. The Bertz CT molecular complexity index is 738. The lowest BCUT2D eigenvalue weighted by molar-refractivity contribution is 0.244. The number of methoxy groups -OCH3 is 1. The molecule has 3 N–H and O–H groups in total. The minimum absolute atomic E-state index is 0.0755. The number of aliphatic hydroxyl groups excluding tert-OH is 1. The fraction of sp³-hybridized carbons (Fsp3) is 0.250. The predicted molar refractivity (Wildman–Crippen MR) is 83.8 cm³/mol. The van der Waals surface area contributed by atoms with E-state index in [1.807, 2.05) is 6.07 Å². The number of benzene rings is 2. The molecular formula is C16H15BrFNO3. The van der Waals surface area contributed by atoms with Crippen LogP contribution in [-0.4, -0.2) is 18.8 Å². The average molecular weight is 368 g/mol. The van der Waals surface area contributed by atoms with Crippen LogP contribution in [0, 0.1) is 5.82 Å². The molecule has 0 aromatic heterocycles. The summed E-state index contributed by atoms with van der Waals surface area (Å²) < 4.78 is 26.0. The van der Waals surface area contributed by atoms with E-state index in [-0.39, 0.29) is 18.8 Å². The van der Waals surface area contributed by atoms with E-state index in [1.54, 1.807) is 18.2 Å². The highest BCUT2D eigenvalue weighted by molar-refractivity contribution is 9.10. The molecule has 2 aromatic rings. The zero-order valence-corrected chi connectivity index (χ0v) is 13.5. The van der Waals surface area contributed by atoms with Crippen LogP contribution in [0.3, 0.4) is 0 Å². The number of ether oxygens (including phenoxy) is 2. The third-order valence-electron chi connectivity index (χ3n) is 3.87. The van der Waals surface area contributed by atoms with Crippen molar-refractivity contribution in [3.8, 4) is 17.2 Å². The van der Waals surface area contributed by atoms with Gasteiger partial charge < -0.3 is 20.3 Å². The average Bonchev–Trinajstić information content (AvgIpc) is 2.49. The molecule has 1 atom stereocenters. The van der Waals surface area contributed by atoms with Crippen LogP contribution < -0.4 is 15.2 Å². The van der Waals surface area contributed by atoms with Crippen molar-refractivity contribution < 1.29 is 19.0 Å². The fourth-order valence-electron chi connectivity index (χ4n) is 2.76. The van der Waals surface area contributed by atoms with Crippen molar-refractivity contribution in [1.29, 1.82) is 0 Å². The van der Waals surface area contributed by atoms with Crippen molar-refractivity contribution in [2.24, 2.45) is 5.73 Å². The molecule has 0 aliphatic carbocycles. The normalized spacial score (nSPS) is 19.1. The first-order chi connectivity index (χ1) is 10.5. The zero-order chi connectivity index (χ0) is 15.9. The Morgan fingerprint density at radius 1 is 1.32 bits per heavy atom. The van der Waals surface area contributed by atoms with Gasteiger partial charge in [0.05, 0.1) is 12.6 Å². The summed E-state index contributed by atoms with van der Waals surface area (Å²) in [5, 5.41) is 9.44. The van der Waals surface area contributed by atoms with Crippen molar-refractivity contribution >= 4 is 15.9 Å². The van der Waals surface area contributed by atoms with Gasteiger partial charge in [0, 0.05) is 28.3 Å². The number of hydrogen-bond acceptors (Lipinski definition) is 4. The molecule has 1 aliphatic heterocycles. The van der Waals surface area contributed by atoms with Gasteiger partial charge in [0.25, 0.3) is 0 Å². The molecule has 0 amide bonds. The SMILES string of the molecule is COc1cc(F)c2c(c1)[C@](N)(CCO)c1cc(Br)ccc1O2. The van der Waals surface area contributed by atoms with Gasteiger partial charge >= 0.3 is 0 Å². The number of fused-ring (bicyclic) bond motifs is 2. The quantitative estimate of drug-likeness (QED) is 0.873. The number of nitrogens with two attached hydrogens (primary N) is 1. The Morgan fingerprint density at radius 3 is 2.77 bits per heavy atom. The minimum Gasteiger partial charge on any atom is -0.497 e. The van der Waals surface area contributed by atoms with Crippen LogP contribution in [0.1, 0.15) is 17.5 Å². The molecule has 0 saturated carbocycles. The lowest BCUT2D eigenvalue weighted by atomic mass is 9.78. The van der Waals surface area contributed by atoms with E-state index in [9.17, 15) is 9.50 Å². The van der Waals surface area contributed by atoms with Crippen LogP contribution in [-0.2, 0) is 5.54 Å². The molecule has 0 spiro atoms. The molecule has 0 radical (unpaired) electrons. The zero-order valence-electron chi connectivity index (χ0n) is 11.9. The van der Waals surface area contributed by atoms with E-state index in [1.165, 1.54) is 13.2 Å². The molecule has 22 heavy (non-hydrogen) atoms. The van der Waals surface area contributed by atoms with E-state index in [0.29, 0.717) is 22.6 Å². The molecule has 6 heteroatoms. The lowest BCUT2D eigenvalue weighted by Crippen LogP contribution is -2.41. The predicted octanol–water partition coefficient (Wildman–Crippen LogP) is 3.29. The van der Waals surface area contributed by atoms with Gasteiger partial charge in [0.15, 0.2) is 11.6 Å². The maximum Gasteiger partial charge on any atom is 0.169 e. The lowest BCUT2D eigenvalue weighted by Gasteiger charge is -2.37. The Labute approximate surface area is 135 Å². The monoisotopic (exact) mass is 367 g/mol. The molecule has 0 fully saturated rings. The summed E-state index contributed by atoms with van der Waals surface area (Å²) in [5.41, 5.74) is 6.67. The largest absolute Gasteiger partial charge is 0.497 e. The fourth-order valence-corrected chi connectivity index (χ4v) is 3.12. The molecular weight excluding hydrogens is 353 g/mol. The standard InChI is InChI=1S/C16H15BrFNO3/c1-21-10-7-12-15(13(18)8-10)22-14-3-2-9(17)6-11(14)16(12,19)4-5-20/h2-3,6-8,20H,4-5,19H2,1H3/t16-/m0/s1. The summed E-state index contributed by atoms with van der Waals surface area (Å²) in [5.74, 6) is 0.365. The summed E-state index contributed by atoms with van der Waals surface area (Å²) in [6.45, 7) is -0.138. The molecule has 2 aromatic carbocycles. The topological polar surface area (TPSA) is 64.7 Å². The van der Waals surface area contributed by atoms with Gasteiger partial charge in [0.2, 0.25) is 0 Å². The van der Waals surface area contributed by atoms with E-state index < -0.39 is 11.4 Å².